The van der Waals surface area contributed by atoms with Gasteiger partial charge in [0, 0.05) is 5.02 Å². The molecule has 7 nitrogen and oxygen atoms in total. The number of amides is 2. The minimum Gasteiger partial charge on any atom is -0.497 e. The van der Waals surface area contributed by atoms with E-state index < -0.39 is 18.0 Å². The van der Waals surface area contributed by atoms with Gasteiger partial charge in [-0.15, -0.1) is 0 Å². The van der Waals surface area contributed by atoms with E-state index in [1.54, 1.807) is 79.9 Å². The van der Waals surface area contributed by atoms with Crippen LogP contribution in [0.15, 0.2) is 78.4 Å². The van der Waals surface area contributed by atoms with Gasteiger partial charge in [-0.05, 0) is 71.8 Å². The number of urea groups is 1. The number of hydrogen-bond acceptors (Lipinski definition) is 5. The van der Waals surface area contributed by atoms with Gasteiger partial charge in [0.1, 0.15) is 17.2 Å². The summed E-state index contributed by atoms with van der Waals surface area (Å²) < 4.78 is 16.1. The Labute approximate surface area is 195 Å². The van der Waals surface area contributed by atoms with Crippen LogP contribution < -0.4 is 20.1 Å². The molecule has 1 heterocycles. The van der Waals surface area contributed by atoms with Crippen molar-refractivity contribution < 1.29 is 23.8 Å². The normalized spacial score (nSPS) is 15.4. The molecule has 3 aromatic rings. The number of carbonyl (C=O) groups is 2. The van der Waals surface area contributed by atoms with Crippen molar-refractivity contribution in [2.45, 2.75) is 6.04 Å². The molecule has 1 aliphatic heterocycles. The quantitative estimate of drug-likeness (QED) is 0.497. The van der Waals surface area contributed by atoms with Crippen LogP contribution >= 0.6 is 11.6 Å². The van der Waals surface area contributed by atoms with Crippen molar-refractivity contribution >= 4 is 29.3 Å². The Balaban J connectivity index is 1.68. The highest BCUT2D eigenvalue weighted by atomic mass is 35.5. The van der Waals surface area contributed by atoms with Crippen molar-refractivity contribution in [3.8, 4) is 17.2 Å². The molecule has 1 aliphatic rings. The Morgan fingerprint density at radius 3 is 2.00 bits per heavy atom. The van der Waals surface area contributed by atoms with E-state index in [1.165, 1.54) is 7.11 Å². The highest BCUT2D eigenvalue weighted by Gasteiger charge is 2.34. The van der Waals surface area contributed by atoms with Crippen LogP contribution in [-0.2, 0) is 9.53 Å². The molecule has 0 radical (unpaired) electrons. The third-order valence-electron chi connectivity index (χ3n) is 5.12. The average molecular weight is 465 g/mol. The number of esters is 1. The lowest BCUT2D eigenvalue weighted by Crippen LogP contribution is -2.45. The molecule has 4 rings (SSSR count). The Morgan fingerprint density at radius 1 is 0.848 bits per heavy atom. The van der Waals surface area contributed by atoms with Crippen LogP contribution in [0.1, 0.15) is 17.2 Å². The number of carbonyl (C=O) groups excluding carboxylic acids is 2. The fraction of sp³-hybridized carbons (Fsp3) is 0.120. The first kappa shape index (κ1) is 22.2. The Bertz CT molecular complexity index is 1190. The van der Waals surface area contributed by atoms with Crippen LogP contribution in [0.2, 0.25) is 5.02 Å². The molecule has 33 heavy (non-hydrogen) atoms. The summed E-state index contributed by atoms with van der Waals surface area (Å²) in [6.45, 7) is 0. The molecule has 2 amide bonds. The van der Waals surface area contributed by atoms with Crippen LogP contribution in [-0.4, -0.2) is 26.2 Å². The van der Waals surface area contributed by atoms with Gasteiger partial charge in [-0.1, -0.05) is 23.7 Å². The highest BCUT2D eigenvalue weighted by molar-refractivity contribution is 6.30. The lowest BCUT2D eigenvalue weighted by Gasteiger charge is -2.29. The second-order valence-corrected chi connectivity index (χ2v) is 7.60. The van der Waals surface area contributed by atoms with E-state index in [9.17, 15) is 9.59 Å². The zero-order valence-corrected chi connectivity index (χ0v) is 18.7. The summed E-state index contributed by atoms with van der Waals surface area (Å²) in [6.07, 6.45) is 0. The zero-order valence-electron chi connectivity index (χ0n) is 17.9. The number of rotatable bonds is 6. The van der Waals surface area contributed by atoms with Crippen molar-refractivity contribution in [3.63, 3.8) is 0 Å². The second-order valence-electron chi connectivity index (χ2n) is 7.17. The molecule has 168 valence electrons. The first-order valence-corrected chi connectivity index (χ1v) is 10.4. The topological polar surface area (TPSA) is 85.9 Å². The Hall–Kier alpha value is -3.97. The summed E-state index contributed by atoms with van der Waals surface area (Å²) in [7, 11) is 2.87. The molecule has 0 saturated heterocycles. The number of ether oxygens (including phenoxy) is 3. The van der Waals surface area contributed by atoms with Crippen LogP contribution in [0.4, 0.5) is 4.79 Å². The largest absolute Gasteiger partial charge is 0.497 e. The second kappa shape index (κ2) is 9.67. The van der Waals surface area contributed by atoms with Gasteiger partial charge in [0.05, 0.1) is 31.5 Å². The lowest BCUT2D eigenvalue weighted by atomic mass is 9.92. The first-order chi connectivity index (χ1) is 16.0. The van der Waals surface area contributed by atoms with Crippen LogP contribution in [0.5, 0.6) is 17.2 Å². The molecule has 0 aliphatic carbocycles. The highest BCUT2D eigenvalue weighted by Crippen LogP contribution is 2.33. The smallest absolute Gasteiger partial charge is 0.338 e. The predicted octanol–water partition coefficient (Wildman–Crippen LogP) is 5.08. The molecule has 0 aromatic heterocycles. The standard InChI is InChI=1S/C25H21ClN2O5/c1-31-18-9-3-15(4-10-18)22-21(24(29)32-2)23(28-25(30)27-22)16-5-11-19(12-6-16)33-20-13-7-17(26)8-14-20/h3-14,23H,1-2H3,(H2,27,28,30). The molecule has 3 aromatic carbocycles. The molecule has 0 bridgehead atoms. The van der Waals surface area contributed by atoms with Gasteiger partial charge in [0.15, 0.2) is 0 Å². The van der Waals surface area contributed by atoms with Gasteiger partial charge in [0.2, 0.25) is 0 Å². The number of hydrogen-bond donors (Lipinski definition) is 2. The van der Waals surface area contributed by atoms with E-state index in [0.717, 1.165) is 0 Å². The monoisotopic (exact) mass is 464 g/mol. The van der Waals surface area contributed by atoms with Crippen molar-refractivity contribution in [2.75, 3.05) is 14.2 Å². The van der Waals surface area contributed by atoms with E-state index in [4.69, 9.17) is 25.8 Å². The fourth-order valence-electron chi connectivity index (χ4n) is 3.50. The number of methoxy groups -OCH3 is 2. The third-order valence-corrected chi connectivity index (χ3v) is 5.37. The SMILES string of the molecule is COC(=O)C1=C(c2ccc(OC)cc2)NC(=O)NC1c1ccc(Oc2ccc(Cl)cc2)cc1. The van der Waals surface area contributed by atoms with Crippen LogP contribution in [0.3, 0.4) is 0 Å². The number of nitrogens with one attached hydrogen (secondary N) is 2. The van der Waals surface area contributed by atoms with E-state index in [2.05, 4.69) is 10.6 Å². The lowest BCUT2D eigenvalue weighted by molar-refractivity contribution is -0.136. The van der Waals surface area contributed by atoms with E-state index in [-0.39, 0.29) is 5.57 Å². The van der Waals surface area contributed by atoms with E-state index in [1.807, 2.05) is 0 Å². The van der Waals surface area contributed by atoms with Gasteiger partial charge >= 0.3 is 12.0 Å². The molecular weight excluding hydrogens is 444 g/mol. The summed E-state index contributed by atoms with van der Waals surface area (Å²) in [5.74, 6) is 1.34. The predicted molar refractivity (Wildman–Crippen MR) is 124 cm³/mol. The summed E-state index contributed by atoms with van der Waals surface area (Å²) in [5, 5.41) is 6.16. The van der Waals surface area contributed by atoms with Gasteiger partial charge in [-0.3, -0.25) is 0 Å². The Morgan fingerprint density at radius 2 is 1.42 bits per heavy atom. The Kier molecular flexibility index (Phi) is 6.51. The number of halogens is 1. The molecule has 0 fully saturated rings. The molecule has 2 N–H and O–H groups in total. The minimum atomic E-state index is -0.715. The molecular formula is C25H21ClN2O5. The van der Waals surface area contributed by atoms with E-state index >= 15 is 0 Å². The molecule has 0 spiro atoms. The molecule has 8 heteroatoms. The summed E-state index contributed by atoms with van der Waals surface area (Å²) in [4.78, 5) is 25.2. The minimum absolute atomic E-state index is 0.286. The van der Waals surface area contributed by atoms with Gasteiger partial charge in [-0.2, -0.15) is 0 Å². The van der Waals surface area contributed by atoms with Gasteiger partial charge < -0.3 is 24.8 Å². The summed E-state index contributed by atoms with van der Waals surface area (Å²) >= 11 is 5.91. The fourth-order valence-corrected chi connectivity index (χ4v) is 3.62. The van der Waals surface area contributed by atoms with Crippen molar-refractivity contribution in [1.29, 1.82) is 0 Å². The molecule has 0 saturated carbocycles. The van der Waals surface area contributed by atoms with E-state index in [0.29, 0.717) is 39.1 Å². The van der Waals surface area contributed by atoms with Crippen molar-refractivity contribution in [2.24, 2.45) is 0 Å². The maximum Gasteiger partial charge on any atom is 0.338 e. The summed E-state index contributed by atoms with van der Waals surface area (Å²) in [6, 6.07) is 20.0. The zero-order chi connectivity index (χ0) is 23.4. The van der Waals surface area contributed by atoms with Crippen LogP contribution in [0, 0.1) is 0 Å². The van der Waals surface area contributed by atoms with Crippen LogP contribution in [0.25, 0.3) is 5.70 Å². The first-order valence-electron chi connectivity index (χ1n) is 10.1. The molecule has 1 unspecified atom stereocenters. The maximum absolute atomic E-state index is 12.8. The van der Waals surface area contributed by atoms with Gasteiger partial charge in [-0.25, -0.2) is 9.59 Å². The molecule has 1 atom stereocenters. The summed E-state index contributed by atoms with van der Waals surface area (Å²) in [5.41, 5.74) is 2.01. The number of benzene rings is 3. The maximum atomic E-state index is 12.8. The van der Waals surface area contributed by atoms with Crippen molar-refractivity contribution in [1.82, 2.24) is 10.6 Å². The van der Waals surface area contributed by atoms with Gasteiger partial charge in [0.25, 0.3) is 0 Å². The average Bonchev–Trinajstić information content (AvgIpc) is 2.85. The van der Waals surface area contributed by atoms with Crippen molar-refractivity contribution in [3.05, 3.63) is 94.5 Å². The third kappa shape index (κ3) is 4.94.